The second-order valence-corrected chi connectivity index (χ2v) is 7.90. The molecule has 0 amide bonds. The first kappa shape index (κ1) is 18.0. The molecule has 1 aromatic rings. The normalized spacial score (nSPS) is 21.9. The topological polar surface area (TPSA) is 49.8 Å². The van der Waals surface area contributed by atoms with Crippen LogP contribution in [-0.4, -0.2) is 42.2 Å². The van der Waals surface area contributed by atoms with Crippen molar-refractivity contribution in [2.24, 2.45) is 11.3 Å². The van der Waals surface area contributed by atoms with Gasteiger partial charge in [0.15, 0.2) is 0 Å². The number of unbranched alkanes of at least 4 members (excludes halogenated alkanes) is 1. The van der Waals surface area contributed by atoms with Gasteiger partial charge in [0.05, 0.1) is 12.0 Å². The molecule has 0 spiro atoms. The molecule has 1 fully saturated rings. The van der Waals surface area contributed by atoms with E-state index in [1.807, 2.05) is 6.92 Å². The van der Waals surface area contributed by atoms with E-state index in [4.69, 9.17) is 4.74 Å². The Kier molecular flexibility index (Phi) is 5.19. The molecule has 136 valence electrons. The van der Waals surface area contributed by atoms with E-state index >= 15 is 0 Å². The zero-order chi connectivity index (χ0) is 18.0. The molecule has 4 nitrogen and oxygen atoms in total. The predicted octanol–water partition coefficient (Wildman–Crippen LogP) is 3.85. The van der Waals surface area contributed by atoms with Gasteiger partial charge in [-0.15, -0.1) is 0 Å². The van der Waals surface area contributed by atoms with Crippen LogP contribution in [0.1, 0.15) is 44.7 Å². The maximum absolute atomic E-state index is 11.2. The van der Waals surface area contributed by atoms with Crippen LogP contribution >= 0.6 is 0 Å². The van der Waals surface area contributed by atoms with Gasteiger partial charge < -0.3 is 9.84 Å². The SMILES string of the molecule is CCCCOc1ccc2c(c1)C[C@H](C)C(CN1CC(C)(C(=O)O)C1)=C2. The van der Waals surface area contributed by atoms with Gasteiger partial charge in [-0.3, -0.25) is 9.69 Å². The molecule has 1 aliphatic carbocycles. The summed E-state index contributed by atoms with van der Waals surface area (Å²) in [5.41, 5.74) is 3.46. The Labute approximate surface area is 150 Å². The first-order chi connectivity index (χ1) is 11.9. The van der Waals surface area contributed by atoms with E-state index in [-0.39, 0.29) is 0 Å². The molecular weight excluding hydrogens is 314 g/mol. The second kappa shape index (κ2) is 7.20. The maximum Gasteiger partial charge on any atom is 0.311 e. The number of carboxylic acid groups (broad SMARTS) is 1. The molecule has 1 N–H and O–H groups in total. The lowest BCUT2D eigenvalue weighted by atomic mass is 9.79. The van der Waals surface area contributed by atoms with Crippen molar-refractivity contribution in [1.29, 1.82) is 0 Å². The fraction of sp³-hybridized carbons (Fsp3) is 0.571. The number of hydrogen-bond donors (Lipinski definition) is 1. The van der Waals surface area contributed by atoms with Crippen LogP contribution in [0.5, 0.6) is 5.75 Å². The zero-order valence-corrected chi connectivity index (χ0v) is 15.5. The summed E-state index contributed by atoms with van der Waals surface area (Å²) < 4.78 is 5.83. The number of carbonyl (C=O) groups is 1. The third kappa shape index (κ3) is 3.90. The minimum absolute atomic E-state index is 0.482. The Morgan fingerprint density at radius 3 is 2.84 bits per heavy atom. The molecule has 25 heavy (non-hydrogen) atoms. The lowest BCUT2D eigenvalue weighted by molar-refractivity contribution is -0.158. The van der Waals surface area contributed by atoms with Crippen molar-refractivity contribution in [2.45, 2.75) is 40.0 Å². The number of rotatable bonds is 7. The molecule has 0 bridgehead atoms. The fourth-order valence-corrected chi connectivity index (χ4v) is 3.77. The highest BCUT2D eigenvalue weighted by Crippen LogP contribution is 2.35. The first-order valence-electron chi connectivity index (χ1n) is 9.33. The third-order valence-electron chi connectivity index (χ3n) is 5.45. The standard InChI is InChI=1S/C21H29NO3/c1-4-5-8-25-19-7-6-16-10-18(15(2)9-17(16)11-19)12-22-13-21(3,14-22)20(23)24/h6-7,10-11,15H,4-5,8-9,12-14H2,1-3H3,(H,23,24)/t15-/m0/s1. The Morgan fingerprint density at radius 1 is 1.40 bits per heavy atom. The van der Waals surface area contributed by atoms with Crippen LogP contribution < -0.4 is 4.74 Å². The van der Waals surface area contributed by atoms with Crippen LogP contribution in [0, 0.1) is 11.3 Å². The number of ether oxygens (including phenoxy) is 1. The molecule has 2 aliphatic rings. The van der Waals surface area contributed by atoms with E-state index in [9.17, 15) is 9.90 Å². The Bertz CT molecular complexity index is 674. The molecule has 1 atom stereocenters. The molecule has 1 heterocycles. The highest BCUT2D eigenvalue weighted by Gasteiger charge is 2.45. The van der Waals surface area contributed by atoms with E-state index in [1.54, 1.807) is 0 Å². The second-order valence-electron chi connectivity index (χ2n) is 7.90. The van der Waals surface area contributed by atoms with Gasteiger partial charge in [0.1, 0.15) is 5.75 Å². The van der Waals surface area contributed by atoms with Crippen molar-refractivity contribution in [3.05, 3.63) is 34.9 Å². The Balaban J connectivity index is 1.65. The number of benzene rings is 1. The van der Waals surface area contributed by atoms with Gasteiger partial charge in [-0.2, -0.15) is 0 Å². The molecular formula is C21H29NO3. The summed E-state index contributed by atoms with van der Waals surface area (Å²) >= 11 is 0. The number of fused-ring (bicyclic) bond motifs is 1. The third-order valence-corrected chi connectivity index (χ3v) is 5.45. The van der Waals surface area contributed by atoms with E-state index in [0.717, 1.165) is 38.2 Å². The van der Waals surface area contributed by atoms with Gasteiger partial charge in [-0.1, -0.05) is 38.0 Å². The van der Waals surface area contributed by atoms with Crippen LogP contribution in [0.25, 0.3) is 6.08 Å². The van der Waals surface area contributed by atoms with Crippen LogP contribution in [0.3, 0.4) is 0 Å². The molecule has 4 heteroatoms. The number of carboxylic acids is 1. The molecule has 0 radical (unpaired) electrons. The summed E-state index contributed by atoms with van der Waals surface area (Å²) in [5, 5.41) is 9.25. The van der Waals surface area contributed by atoms with Crippen LogP contribution in [0.2, 0.25) is 0 Å². The van der Waals surface area contributed by atoms with E-state index in [0.29, 0.717) is 19.0 Å². The van der Waals surface area contributed by atoms with E-state index in [1.165, 1.54) is 16.7 Å². The van der Waals surface area contributed by atoms with Crippen molar-refractivity contribution in [1.82, 2.24) is 4.90 Å². The lowest BCUT2D eigenvalue weighted by Gasteiger charge is -2.46. The summed E-state index contributed by atoms with van der Waals surface area (Å²) in [5.74, 6) is 0.765. The molecule has 0 unspecified atom stereocenters. The molecule has 1 aromatic carbocycles. The van der Waals surface area contributed by atoms with Gasteiger partial charge in [-0.05, 0) is 48.9 Å². The van der Waals surface area contributed by atoms with Gasteiger partial charge >= 0.3 is 5.97 Å². The van der Waals surface area contributed by atoms with Crippen molar-refractivity contribution < 1.29 is 14.6 Å². The van der Waals surface area contributed by atoms with Gasteiger partial charge in [-0.25, -0.2) is 0 Å². The van der Waals surface area contributed by atoms with Gasteiger partial charge in [0.25, 0.3) is 0 Å². The minimum Gasteiger partial charge on any atom is -0.494 e. The Morgan fingerprint density at radius 2 is 2.16 bits per heavy atom. The number of aliphatic carboxylic acids is 1. The van der Waals surface area contributed by atoms with Crippen molar-refractivity contribution in [3.63, 3.8) is 0 Å². The molecule has 3 rings (SSSR count). The average Bonchev–Trinajstić information content (AvgIpc) is 2.54. The van der Waals surface area contributed by atoms with Crippen LogP contribution in [0.15, 0.2) is 23.8 Å². The molecule has 0 saturated carbocycles. The quantitative estimate of drug-likeness (QED) is 0.764. The van der Waals surface area contributed by atoms with Crippen molar-refractivity contribution in [3.8, 4) is 5.75 Å². The number of likely N-dealkylation sites (tertiary alicyclic amines) is 1. The van der Waals surface area contributed by atoms with E-state index in [2.05, 4.69) is 43.0 Å². The molecule has 0 aromatic heterocycles. The lowest BCUT2D eigenvalue weighted by Crippen LogP contribution is -2.59. The summed E-state index contributed by atoms with van der Waals surface area (Å²) in [6.07, 6.45) is 5.54. The van der Waals surface area contributed by atoms with Crippen LogP contribution in [0.4, 0.5) is 0 Å². The smallest absolute Gasteiger partial charge is 0.311 e. The monoisotopic (exact) mass is 343 g/mol. The average molecular weight is 343 g/mol. The molecule has 1 aliphatic heterocycles. The highest BCUT2D eigenvalue weighted by molar-refractivity contribution is 5.76. The van der Waals surface area contributed by atoms with Crippen molar-refractivity contribution in [2.75, 3.05) is 26.2 Å². The van der Waals surface area contributed by atoms with Gasteiger partial charge in [0, 0.05) is 19.6 Å². The minimum atomic E-state index is -0.685. The zero-order valence-electron chi connectivity index (χ0n) is 15.5. The summed E-state index contributed by atoms with van der Waals surface area (Å²) in [6, 6.07) is 6.39. The highest BCUT2D eigenvalue weighted by atomic mass is 16.5. The number of nitrogens with zero attached hydrogens (tertiary/aromatic N) is 1. The number of hydrogen-bond acceptors (Lipinski definition) is 3. The summed E-state index contributed by atoms with van der Waals surface area (Å²) in [7, 11) is 0. The largest absolute Gasteiger partial charge is 0.494 e. The van der Waals surface area contributed by atoms with Crippen molar-refractivity contribution >= 4 is 12.0 Å². The first-order valence-corrected chi connectivity index (χ1v) is 9.33. The van der Waals surface area contributed by atoms with Gasteiger partial charge in [0.2, 0.25) is 0 Å². The predicted molar refractivity (Wildman–Crippen MR) is 99.9 cm³/mol. The van der Waals surface area contributed by atoms with E-state index < -0.39 is 11.4 Å². The fourth-order valence-electron chi connectivity index (χ4n) is 3.77. The summed E-state index contributed by atoms with van der Waals surface area (Å²) in [4.78, 5) is 13.5. The van der Waals surface area contributed by atoms with Crippen LogP contribution in [-0.2, 0) is 11.2 Å². The molecule has 1 saturated heterocycles. The summed E-state index contributed by atoms with van der Waals surface area (Å²) in [6.45, 7) is 9.20. The maximum atomic E-state index is 11.2. The Hall–Kier alpha value is -1.81.